The number of anilines is 1. The molecule has 78 valence electrons. The highest BCUT2D eigenvalue weighted by atomic mass is 32.1. The van der Waals surface area contributed by atoms with Gasteiger partial charge in [-0.05, 0) is 6.92 Å². The van der Waals surface area contributed by atoms with Crippen LogP contribution in [0.1, 0.15) is 5.69 Å². The van der Waals surface area contributed by atoms with Gasteiger partial charge in [0, 0.05) is 43.1 Å². The van der Waals surface area contributed by atoms with Gasteiger partial charge in [0.05, 0.1) is 0 Å². The van der Waals surface area contributed by atoms with Gasteiger partial charge in [-0.25, -0.2) is 15.0 Å². The normalized spacial score (nSPS) is 10.3. The average Bonchev–Trinajstić information content (AvgIpc) is 2.65. The lowest BCUT2D eigenvalue weighted by atomic mass is 10.3. The van der Waals surface area contributed by atoms with Crippen LogP contribution in [0.4, 0.5) is 5.95 Å². The van der Waals surface area contributed by atoms with E-state index in [9.17, 15) is 0 Å². The molecule has 15 heavy (non-hydrogen) atoms. The third-order valence-corrected chi connectivity index (χ3v) is 2.91. The number of aryl methyl sites for hydroxylation is 1. The van der Waals surface area contributed by atoms with Crippen LogP contribution in [0.5, 0.6) is 0 Å². The Labute approximate surface area is 92.6 Å². The zero-order chi connectivity index (χ0) is 10.8. The van der Waals surface area contributed by atoms with Crippen LogP contribution in [0, 0.1) is 6.92 Å². The monoisotopic (exact) mass is 220 g/mol. The summed E-state index contributed by atoms with van der Waals surface area (Å²) in [5.74, 6) is 0.715. The fraction of sp³-hybridized carbons (Fsp3) is 0.300. The predicted molar refractivity (Wildman–Crippen MR) is 62.2 cm³/mol. The van der Waals surface area contributed by atoms with E-state index in [0.717, 1.165) is 16.3 Å². The lowest BCUT2D eigenvalue weighted by Gasteiger charge is -2.08. The van der Waals surface area contributed by atoms with Gasteiger partial charge in [0.25, 0.3) is 0 Å². The zero-order valence-corrected chi connectivity index (χ0v) is 9.75. The molecule has 0 saturated heterocycles. The largest absolute Gasteiger partial charge is 0.347 e. The number of thiazole rings is 1. The van der Waals surface area contributed by atoms with Crippen molar-refractivity contribution in [1.29, 1.82) is 0 Å². The van der Waals surface area contributed by atoms with Gasteiger partial charge in [0.15, 0.2) is 0 Å². The summed E-state index contributed by atoms with van der Waals surface area (Å²) in [7, 11) is 3.84. The zero-order valence-electron chi connectivity index (χ0n) is 8.93. The minimum Gasteiger partial charge on any atom is -0.347 e. The Kier molecular flexibility index (Phi) is 2.64. The number of rotatable bonds is 2. The van der Waals surface area contributed by atoms with E-state index in [0.29, 0.717) is 5.95 Å². The van der Waals surface area contributed by atoms with Crippen molar-refractivity contribution in [3.05, 3.63) is 23.5 Å². The van der Waals surface area contributed by atoms with Crippen molar-refractivity contribution in [2.45, 2.75) is 6.92 Å². The molecule has 0 aromatic carbocycles. The summed E-state index contributed by atoms with van der Waals surface area (Å²) in [6, 6.07) is 0. The molecule has 0 amide bonds. The van der Waals surface area contributed by atoms with E-state index in [-0.39, 0.29) is 0 Å². The average molecular weight is 220 g/mol. The maximum atomic E-state index is 4.38. The highest BCUT2D eigenvalue weighted by Crippen LogP contribution is 2.22. The molecule has 2 heterocycles. The minimum atomic E-state index is 0.715. The molecule has 0 N–H and O–H groups in total. The first-order valence-electron chi connectivity index (χ1n) is 4.58. The molecule has 2 aromatic rings. The molecule has 0 spiro atoms. The lowest BCUT2D eigenvalue weighted by molar-refractivity contribution is 0.999. The van der Waals surface area contributed by atoms with Crippen LogP contribution in [-0.4, -0.2) is 29.0 Å². The third kappa shape index (κ3) is 2.12. The summed E-state index contributed by atoms with van der Waals surface area (Å²) in [5, 5.41) is 2.99. The van der Waals surface area contributed by atoms with Crippen molar-refractivity contribution in [3.8, 4) is 10.6 Å². The highest BCUT2D eigenvalue weighted by Gasteiger charge is 2.04. The second kappa shape index (κ2) is 3.94. The van der Waals surface area contributed by atoms with Crippen LogP contribution in [0.2, 0.25) is 0 Å². The van der Waals surface area contributed by atoms with Crippen LogP contribution < -0.4 is 4.90 Å². The van der Waals surface area contributed by atoms with Gasteiger partial charge < -0.3 is 4.90 Å². The number of nitrogens with zero attached hydrogens (tertiary/aromatic N) is 4. The lowest BCUT2D eigenvalue weighted by Crippen LogP contribution is -2.12. The molecular weight excluding hydrogens is 208 g/mol. The maximum absolute atomic E-state index is 4.38. The van der Waals surface area contributed by atoms with E-state index in [2.05, 4.69) is 15.0 Å². The second-order valence-electron chi connectivity index (χ2n) is 3.46. The summed E-state index contributed by atoms with van der Waals surface area (Å²) in [4.78, 5) is 14.7. The Hall–Kier alpha value is -1.49. The maximum Gasteiger partial charge on any atom is 0.224 e. The topological polar surface area (TPSA) is 41.9 Å². The summed E-state index contributed by atoms with van der Waals surface area (Å²) in [6.07, 6.45) is 3.61. The van der Waals surface area contributed by atoms with Crippen LogP contribution in [0.3, 0.4) is 0 Å². The van der Waals surface area contributed by atoms with E-state index in [4.69, 9.17) is 0 Å². The Bertz CT molecular complexity index is 447. The van der Waals surface area contributed by atoms with E-state index >= 15 is 0 Å². The first-order chi connectivity index (χ1) is 7.16. The standard InChI is InChI=1S/C10H12N4S/c1-7-6-15-9(13-7)8-4-11-10(12-5-8)14(2)3/h4-6H,1-3H3. The van der Waals surface area contributed by atoms with Gasteiger partial charge >= 0.3 is 0 Å². The van der Waals surface area contributed by atoms with Crippen molar-refractivity contribution >= 4 is 17.3 Å². The summed E-state index contributed by atoms with van der Waals surface area (Å²) in [6.45, 7) is 1.98. The van der Waals surface area contributed by atoms with Crippen molar-refractivity contribution in [1.82, 2.24) is 15.0 Å². The quantitative estimate of drug-likeness (QED) is 0.776. The Morgan fingerprint density at radius 1 is 1.20 bits per heavy atom. The predicted octanol–water partition coefficient (Wildman–Crippen LogP) is 1.97. The minimum absolute atomic E-state index is 0.715. The molecule has 2 aromatic heterocycles. The van der Waals surface area contributed by atoms with Crippen molar-refractivity contribution in [2.24, 2.45) is 0 Å². The molecule has 2 rings (SSSR count). The fourth-order valence-electron chi connectivity index (χ4n) is 1.15. The molecule has 0 radical (unpaired) electrons. The molecule has 0 aliphatic heterocycles. The first kappa shape index (κ1) is 10.0. The molecular formula is C10H12N4S. The molecule has 0 bridgehead atoms. The van der Waals surface area contributed by atoms with Gasteiger partial charge in [0.2, 0.25) is 5.95 Å². The van der Waals surface area contributed by atoms with Crippen LogP contribution >= 0.6 is 11.3 Å². The Morgan fingerprint density at radius 2 is 1.87 bits per heavy atom. The van der Waals surface area contributed by atoms with Gasteiger partial charge in [-0.15, -0.1) is 11.3 Å². The van der Waals surface area contributed by atoms with Crippen LogP contribution in [0.25, 0.3) is 10.6 Å². The molecule has 0 atom stereocenters. The van der Waals surface area contributed by atoms with Crippen LogP contribution in [0.15, 0.2) is 17.8 Å². The van der Waals surface area contributed by atoms with E-state index in [1.807, 2.05) is 31.3 Å². The summed E-state index contributed by atoms with van der Waals surface area (Å²) in [5.41, 5.74) is 2.00. The molecule has 0 aliphatic carbocycles. The fourth-order valence-corrected chi connectivity index (χ4v) is 1.92. The van der Waals surface area contributed by atoms with Crippen molar-refractivity contribution < 1.29 is 0 Å². The van der Waals surface area contributed by atoms with Crippen molar-refractivity contribution in [3.63, 3.8) is 0 Å². The molecule has 0 saturated carbocycles. The third-order valence-electron chi connectivity index (χ3n) is 1.90. The van der Waals surface area contributed by atoms with Crippen molar-refractivity contribution in [2.75, 3.05) is 19.0 Å². The number of hydrogen-bond acceptors (Lipinski definition) is 5. The van der Waals surface area contributed by atoms with Gasteiger partial charge in [0.1, 0.15) is 5.01 Å². The van der Waals surface area contributed by atoms with E-state index in [1.165, 1.54) is 0 Å². The molecule has 0 unspecified atom stereocenters. The van der Waals surface area contributed by atoms with Gasteiger partial charge in [-0.1, -0.05) is 0 Å². The van der Waals surface area contributed by atoms with Gasteiger partial charge in [-0.2, -0.15) is 0 Å². The van der Waals surface area contributed by atoms with E-state index in [1.54, 1.807) is 23.7 Å². The number of aromatic nitrogens is 3. The number of hydrogen-bond donors (Lipinski definition) is 0. The van der Waals surface area contributed by atoms with Crippen LogP contribution in [-0.2, 0) is 0 Å². The first-order valence-corrected chi connectivity index (χ1v) is 5.46. The molecule has 4 nitrogen and oxygen atoms in total. The van der Waals surface area contributed by atoms with Gasteiger partial charge in [-0.3, -0.25) is 0 Å². The molecule has 5 heteroatoms. The molecule has 0 aliphatic rings. The molecule has 0 fully saturated rings. The second-order valence-corrected chi connectivity index (χ2v) is 4.32. The SMILES string of the molecule is Cc1csc(-c2cnc(N(C)C)nc2)n1. The highest BCUT2D eigenvalue weighted by molar-refractivity contribution is 7.13. The summed E-state index contributed by atoms with van der Waals surface area (Å²) >= 11 is 1.61. The Balaban J connectivity index is 2.31. The smallest absolute Gasteiger partial charge is 0.224 e. The van der Waals surface area contributed by atoms with E-state index < -0.39 is 0 Å². The summed E-state index contributed by atoms with van der Waals surface area (Å²) < 4.78 is 0. The Morgan fingerprint density at radius 3 is 2.33 bits per heavy atom.